The molecule has 2 saturated heterocycles. The monoisotopic (exact) mass is 288 g/mol. The van der Waals surface area contributed by atoms with Crippen molar-refractivity contribution < 1.29 is 22.8 Å². The van der Waals surface area contributed by atoms with Gasteiger partial charge < -0.3 is 0 Å². The number of nitrogens with one attached hydrogen (secondary N) is 1. The summed E-state index contributed by atoms with van der Waals surface area (Å²) >= 11 is 0. The number of nitrogens with zero attached hydrogens (tertiary/aromatic N) is 1. The molecule has 0 saturated carbocycles. The van der Waals surface area contributed by atoms with Crippen LogP contribution in [0.25, 0.3) is 0 Å². The number of carbonyl (C=O) groups is 3. The van der Waals surface area contributed by atoms with Crippen molar-refractivity contribution in [3.63, 3.8) is 0 Å². The molecule has 2 heterocycles. The third kappa shape index (κ3) is 2.36. The molecule has 2 rings (SSSR count). The number of urea groups is 1. The number of amides is 4. The first-order valence-electron chi connectivity index (χ1n) is 6.04. The lowest BCUT2D eigenvalue weighted by atomic mass is 9.87. The zero-order valence-electron chi connectivity index (χ0n) is 10.8. The molecule has 0 bridgehead atoms. The summed E-state index contributed by atoms with van der Waals surface area (Å²) in [6, 6.07) is -1.21. The Balaban J connectivity index is 2.22. The van der Waals surface area contributed by atoms with Crippen molar-refractivity contribution in [2.45, 2.75) is 32.7 Å². The SMILES string of the molecule is CC1(C)C(=O)NC(=O)N(C2CCS(=O)(=O)CC2)C1=O. The Bertz CT molecular complexity index is 537. The lowest BCUT2D eigenvalue weighted by molar-refractivity contribution is -0.150. The molecule has 2 aliphatic heterocycles. The fourth-order valence-electron chi connectivity index (χ4n) is 2.27. The normalized spacial score (nSPS) is 27.3. The van der Waals surface area contributed by atoms with Crippen molar-refractivity contribution >= 4 is 27.7 Å². The first kappa shape index (κ1) is 14.0. The van der Waals surface area contributed by atoms with E-state index < -0.39 is 39.1 Å². The highest BCUT2D eigenvalue weighted by atomic mass is 32.2. The van der Waals surface area contributed by atoms with Gasteiger partial charge >= 0.3 is 6.03 Å². The number of hydrogen-bond donors (Lipinski definition) is 1. The van der Waals surface area contributed by atoms with Crippen LogP contribution in [0, 0.1) is 5.41 Å². The quantitative estimate of drug-likeness (QED) is 0.666. The number of imide groups is 2. The van der Waals surface area contributed by atoms with Gasteiger partial charge in [0.25, 0.3) is 0 Å². The molecule has 7 nitrogen and oxygen atoms in total. The van der Waals surface area contributed by atoms with Crippen LogP contribution in [0.5, 0.6) is 0 Å². The summed E-state index contributed by atoms with van der Waals surface area (Å²) in [5.41, 5.74) is -1.30. The fourth-order valence-corrected chi connectivity index (χ4v) is 3.74. The number of rotatable bonds is 1. The smallest absolute Gasteiger partial charge is 0.277 e. The topological polar surface area (TPSA) is 101 Å². The molecule has 8 heteroatoms. The highest BCUT2D eigenvalue weighted by molar-refractivity contribution is 7.91. The minimum absolute atomic E-state index is 0.0386. The summed E-state index contributed by atoms with van der Waals surface area (Å²) in [5.74, 6) is -1.26. The maximum atomic E-state index is 12.2. The van der Waals surface area contributed by atoms with Crippen LogP contribution < -0.4 is 5.32 Å². The molecule has 0 aromatic carbocycles. The van der Waals surface area contributed by atoms with Gasteiger partial charge in [0.1, 0.15) is 15.3 Å². The van der Waals surface area contributed by atoms with Gasteiger partial charge in [-0.2, -0.15) is 0 Å². The molecule has 0 aromatic heterocycles. The van der Waals surface area contributed by atoms with E-state index in [1.54, 1.807) is 0 Å². The van der Waals surface area contributed by atoms with Crippen LogP contribution in [0.2, 0.25) is 0 Å². The van der Waals surface area contributed by atoms with Crippen LogP contribution >= 0.6 is 0 Å². The second-order valence-electron chi connectivity index (χ2n) is 5.44. The second kappa shape index (κ2) is 4.29. The van der Waals surface area contributed by atoms with E-state index in [0.717, 1.165) is 4.90 Å². The lowest BCUT2D eigenvalue weighted by Gasteiger charge is -2.40. The van der Waals surface area contributed by atoms with Crippen LogP contribution in [0.15, 0.2) is 0 Å². The highest BCUT2D eigenvalue weighted by Gasteiger charge is 2.49. The average molecular weight is 288 g/mol. The van der Waals surface area contributed by atoms with E-state index in [1.165, 1.54) is 13.8 Å². The van der Waals surface area contributed by atoms with E-state index in [4.69, 9.17) is 0 Å². The number of barbiturate groups is 1. The third-order valence-corrected chi connectivity index (χ3v) is 5.37. The standard InChI is InChI=1S/C11H16N2O5S/c1-11(2)8(14)12-10(16)13(9(11)15)7-3-5-19(17,18)6-4-7/h7H,3-6H2,1-2H3,(H,12,14,16). The minimum atomic E-state index is -3.07. The van der Waals surface area contributed by atoms with E-state index >= 15 is 0 Å². The van der Waals surface area contributed by atoms with Gasteiger partial charge in [0, 0.05) is 6.04 Å². The molecule has 2 fully saturated rings. The summed E-state index contributed by atoms with van der Waals surface area (Å²) in [4.78, 5) is 36.6. The van der Waals surface area contributed by atoms with Crippen LogP contribution in [0.1, 0.15) is 26.7 Å². The molecule has 0 atom stereocenters. The van der Waals surface area contributed by atoms with Crippen molar-refractivity contribution in [2.24, 2.45) is 5.41 Å². The third-order valence-electron chi connectivity index (χ3n) is 3.65. The number of sulfone groups is 1. The Hall–Kier alpha value is -1.44. The van der Waals surface area contributed by atoms with Gasteiger partial charge in [-0.05, 0) is 26.7 Å². The summed E-state index contributed by atoms with van der Waals surface area (Å²) in [7, 11) is -3.07. The van der Waals surface area contributed by atoms with Gasteiger partial charge in [-0.25, -0.2) is 13.2 Å². The minimum Gasteiger partial charge on any atom is -0.277 e. The fraction of sp³-hybridized carbons (Fsp3) is 0.727. The molecule has 0 spiro atoms. The molecule has 0 unspecified atom stereocenters. The zero-order chi connectivity index (χ0) is 14.4. The summed E-state index contributed by atoms with van der Waals surface area (Å²) in [6.07, 6.45) is 0.456. The molecular weight excluding hydrogens is 272 g/mol. The van der Waals surface area contributed by atoms with Gasteiger partial charge in [0.05, 0.1) is 11.5 Å². The summed E-state index contributed by atoms with van der Waals surface area (Å²) < 4.78 is 22.7. The first-order chi connectivity index (χ1) is 8.65. The van der Waals surface area contributed by atoms with Crippen LogP contribution in [0.4, 0.5) is 4.79 Å². The molecule has 106 valence electrons. The largest absolute Gasteiger partial charge is 0.331 e. The number of carbonyl (C=O) groups excluding carboxylic acids is 3. The second-order valence-corrected chi connectivity index (χ2v) is 7.75. The maximum absolute atomic E-state index is 12.2. The van der Waals surface area contributed by atoms with Crippen molar-refractivity contribution in [1.82, 2.24) is 10.2 Å². The number of hydrogen-bond acceptors (Lipinski definition) is 5. The maximum Gasteiger partial charge on any atom is 0.331 e. The van der Waals surface area contributed by atoms with Crippen molar-refractivity contribution in [2.75, 3.05) is 11.5 Å². The van der Waals surface area contributed by atoms with E-state index in [9.17, 15) is 22.8 Å². The lowest BCUT2D eigenvalue weighted by Crippen LogP contribution is -2.65. The molecule has 0 radical (unpaired) electrons. The van der Waals surface area contributed by atoms with Crippen molar-refractivity contribution in [1.29, 1.82) is 0 Å². The van der Waals surface area contributed by atoms with Gasteiger partial charge in [0.15, 0.2) is 0 Å². The van der Waals surface area contributed by atoms with Gasteiger partial charge in [-0.1, -0.05) is 0 Å². The predicted octanol–water partition coefficient (Wildman–Crippen LogP) is -0.332. The summed E-state index contributed by atoms with van der Waals surface area (Å²) in [5, 5.41) is 2.15. The van der Waals surface area contributed by atoms with Gasteiger partial charge in [-0.3, -0.25) is 19.8 Å². The van der Waals surface area contributed by atoms with E-state index in [0.29, 0.717) is 0 Å². The molecular formula is C11H16N2O5S. The Labute approximate surface area is 111 Å². The Kier molecular flexibility index (Phi) is 3.16. The van der Waals surface area contributed by atoms with E-state index in [2.05, 4.69) is 5.32 Å². The average Bonchev–Trinajstić information content (AvgIpc) is 2.29. The Morgan fingerprint density at radius 2 is 1.68 bits per heavy atom. The predicted molar refractivity (Wildman–Crippen MR) is 65.8 cm³/mol. The molecule has 4 amide bonds. The molecule has 19 heavy (non-hydrogen) atoms. The Morgan fingerprint density at radius 1 is 1.16 bits per heavy atom. The first-order valence-corrected chi connectivity index (χ1v) is 7.87. The van der Waals surface area contributed by atoms with Crippen LogP contribution in [-0.2, 0) is 19.4 Å². The van der Waals surface area contributed by atoms with Gasteiger partial charge in [-0.15, -0.1) is 0 Å². The molecule has 0 aromatic rings. The van der Waals surface area contributed by atoms with Crippen molar-refractivity contribution in [3.05, 3.63) is 0 Å². The van der Waals surface area contributed by atoms with Crippen LogP contribution in [-0.4, -0.2) is 48.7 Å². The Morgan fingerprint density at radius 3 is 2.21 bits per heavy atom. The van der Waals surface area contributed by atoms with E-state index in [-0.39, 0.29) is 24.3 Å². The van der Waals surface area contributed by atoms with Crippen LogP contribution in [0.3, 0.4) is 0 Å². The van der Waals surface area contributed by atoms with E-state index in [1.807, 2.05) is 0 Å². The molecule has 0 aliphatic carbocycles. The zero-order valence-corrected chi connectivity index (χ0v) is 11.6. The molecule has 2 aliphatic rings. The highest BCUT2D eigenvalue weighted by Crippen LogP contribution is 2.28. The summed E-state index contributed by atoms with van der Waals surface area (Å²) in [6.45, 7) is 2.90. The molecule has 1 N–H and O–H groups in total. The van der Waals surface area contributed by atoms with Gasteiger partial charge in [0.2, 0.25) is 11.8 Å². The van der Waals surface area contributed by atoms with Crippen molar-refractivity contribution in [3.8, 4) is 0 Å².